The summed E-state index contributed by atoms with van der Waals surface area (Å²) in [7, 11) is -6.14. The minimum Gasteiger partial charge on any atom is -0.465 e. The van der Waals surface area contributed by atoms with Gasteiger partial charge in [0.15, 0.2) is 5.78 Å². The van der Waals surface area contributed by atoms with Crippen LogP contribution in [0.15, 0.2) is 73.8 Å². The molecular weight excluding hydrogens is 648 g/mol. The molecular formula is C28H29F2N7O7S2. The molecule has 2 heterocycles. The molecule has 0 atom stereocenters. The van der Waals surface area contributed by atoms with Crippen LogP contribution in [0.2, 0.25) is 0 Å². The number of sulfonamides is 2. The fourth-order valence-corrected chi connectivity index (χ4v) is 5.54. The molecule has 4 rings (SSSR count). The fraction of sp³-hybridized carbons (Fsp3) is 0.214. The van der Waals surface area contributed by atoms with E-state index in [1.165, 1.54) is 68.8 Å². The predicted molar refractivity (Wildman–Crippen MR) is 164 cm³/mol. The number of nitrogens with zero attached hydrogens (tertiary/aromatic N) is 6. The highest BCUT2D eigenvalue weighted by Gasteiger charge is 2.22. The predicted octanol–water partition coefficient (Wildman–Crippen LogP) is 2.09. The van der Waals surface area contributed by atoms with Crippen LogP contribution in [0.1, 0.15) is 31.8 Å². The van der Waals surface area contributed by atoms with Crippen molar-refractivity contribution < 1.29 is 39.9 Å². The SMILES string of the molecule is COC(=O)c1ccc(CN(c2cncnc2)S(C)(=O)=O)c(F)c1.CS(=O)(=O)N(Cc1ccc(C(=O)CN)cc1F)c1cncnc1. The van der Waals surface area contributed by atoms with Crippen LogP contribution in [-0.2, 0) is 37.9 Å². The van der Waals surface area contributed by atoms with Crippen molar-refractivity contribution in [2.75, 3.05) is 34.8 Å². The number of esters is 1. The quantitative estimate of drug-likeness (QED) is 0.180. The summed E-state index contributed by atoms with van der Waals surface area (Å²) in [5, 5.41) is 0. The molecule has 0 bridgehead atoms. The highest BCUT2D eigenvalue weighted by atomic mass is 32.2. The Bertz CT molecular complexity index is 1760. The van der Waals surface area contributed by atoms with Crippen LogP contribution in [0.5, 0.6) is 0 Å². The molecule has 0 aliphatic carbocycles. The van der Waals surface area contributed by atoms with E-state index >= 15 is 0 Å². The molecule has 0 aliphatic rings. The summed E-state index contributed by atoms with van der Waals surface area (Å²) in [6, 6.07) is 7.53. The summed E-state index contributed by atoms with van der Waals surface area (Å²) in [4.78, 5) is 37.9. The first-order chi connectivity index (χ1) is 21.6. The van der Waals surface area contributed by atoms with E-state index in [9.17, 15) is 35.2 Å². The van der Waals surface area contributed by atoms with Gasteiger partial charge in [-0.2, -0.15) is 0 Å². The third-order valence-electron chi connectivity index (χ3n) is 6.13. The molecule has 18 heteroatoms. The first kappa shape index (κ1) is 35.5. The maximum Gasteiger partial charge on any atom is 0.337 e. The molecule has 14 nitrogen and oxygen atoms in total. The molecule has 0 unspecified atom stereocenters. The molecule has 244 valence electrons. The number of ketones is 1. The van der Waals surface area contributed by atoms with Gasteiger partial charge in [-0.1, -0.05) is 18.2 Å². The highest BCUT2D eigenvalue weighted by molar-refractivity contribution is 7.92. The van der Waals surface area contributed by atoms with Gasteiger partial charge in [0.1, 0.15) is 24.3 Å². The Morgan fingerprint density at radius 3 is 1.48 bits per heavy atom. The first-order valence-electron chi connectivity index (χ1n) is 13.0. The molecule has 0 fully saturated rings. The Morgan fingerprint density at radius 1 is 0.739 bits per heavy atom. The van der Waals surface area contributed by atoms with E-state index < -0.39 is 43.4 Å². The lowest BCUT2D eigenvalue weighted by Crippen LogP contribution is -2.30. The average Bonchev–Trinajstić information content (AvgIpc) is 3.02. The number of carbonyl (C=O) groups excluding carboxylic acids is 2. The zero-order valence-electron chi connectivity index (χ0n) is 24.7. The van der Waals surface area contributed by atoms with Gasteiger partial charge in [-0.25, -0.2) is 50.3 Å². The summed E-state index contributed by atoms with van der Waals surface area (Å²) in [6.45, 7) is -0.718. The Labute approximate surface area is 264 Å². The molecule has 0 aliphatic heterocycles. The number of benzene rings is 2. The molecule has 0 saturated carbocycles. The second kappa shape index (κ2) is 15.4. The first-order valence-corrected chi connectivity index (χ1v) is 16.7. The summed E-state index contributed by atoms with van der Waals surface area (Å²) >= 11 is 0. The van der Waals surface area contributed by atoms with Gasteiger partial charge in [-0.3, -0.25) is 13.4 Å². The molecule has 2 N–H and O–H groups in total. The van der Waals surface area contributed by atoms with Crippen molar-refractivity contribution in [2.45, 2.75) is 13.1 Å². The maximum absolute atomic E-state index is 14.2. The van der Waals surface area contributed by atoms with Crippen molar-refractivity contribution in [1.29, 1.82) is 0 Å². The van der Waals surface area contributed by atoms with Crippen molar-refractivity contribution >= 4 is 43.2 Å². The number of Topliss-reactive ketones (excluding diaryl/α,β-unsaturated/α-hetero) is 1. The van der Waals surface area contributed by atoms with E-state index in [0.29, 0.717) is 0 Å². The molecule has 0 amide bonds. The van der Waals surface area contributed by atoms with Gasteiger partial charge in [-0.05, 0) is 18.2 Å². The van der Waals surface area contributed by atoms with Crippen LogP contribution in [-0.4, -0.2) is 74.7 Å². The number of ether oxygens (including phenoxy) is 1. The van der Waals surface area contributed by atoms with Crippen molar-refractivity contribution in [3.63, 3.8) is 0 Å². The number of anilines is 2. The van der Waals surface area contributed by atoms with E-state index in [-0.39, 0.29) is 53.3 Å². The van der Waals surface area contributed by atoms with Crippen LogP contribution in [0.4, 0.5) is 20.2 Å². The van der Waals surface area contributed by atoms with E-state index in [2.05, 4.69) is 24.7 Å². The Kier molecular flexibility index (Phi) is 11.9. The second-order valence-electron chi connectivity index (χ2n) is 9.46. The lowest BCUT2D eigenvalue weighted by molar-refractivity contribution is 0.0600. The van der Waals surface area contributed by atoms with E-state index in [0.717, 1.165) is 33.3 Å². The number of rotatable bonds is 11. The van der Waals surface area contributed by atoms with Gasteiger partial charge in [0.2, 0.25) is 20.0 Å². The Morgan fingerprint density at radius 2 is 1.13 bits per heavy atom. The van der Waals surface area contributed by atoms with Gasteiger partial charge in [0.25, 0.3) is 0 Å². The Hall–Kier alpha value is -4.94. The number of nitrogens with two attached hydrogens (primary N) is 1. The molecule has 0 saturated heterocycles. The van der Waals surface area contributed by atoms with Gasteiger partial charge in [0.05, 0.1) is 81.0 Å². The molecule has 2 aromatic carbocycles. The van der Waals surface area contributed by atoms with Crippen LogP contribution < -0.4 is 14.3 Å². The summed E-state index contributed by atoms with van der Waals surface area (Å²) in [6.07, 6.45) is 9.79. The molecule has 0 spiro atoms. The number of hydrogen-bond acceptors (Lipinski definition) is 12. The highest BCUT2D eigenvalue weighted by Crippen LogP contribution is 2.22. The van der Waals surface area contributed by atoms with Gasteiger partial charge in [0, 0.05) is 16.7 Å². The van der Waals surface area contributed by atoms with E-state index in [4.69, 9.17) is 5.73 Å². The monoisotopic (exact) mass is 677 g/mol. The van der Waals surface area contributed by atoms with Gasteiger partial charge >= 0.3 is 5.97 Å². The zero-order chi connectivity index (χ0) is 34.1. The van der Waals surface area contributed by atoms with Crippen LogP contribution in [0.25, 0.3) is 0 Å². The summed E-state index contributed by atoms with van der Waals surface area (Å²) < 4.78 is 82.6. The van der Waals surface area contributed by atoms with Crippen LogP contribution in [0, 0.1) is 11.6 Å². The third-order valence-corrected chi connectivity index (χ3v) is 8.41. The lowest BCUT2D eigenvalue weighted by atomic mass is 10.1. The molecule has 0 radical (unpaired) electrons. The average molecular weight is 678 g/mol. The normalized spacial score (nSPS) is 11.2. The van der Waals surface area contributed by atoms with Crippen molar-refractivity contribution in [3.8, 4) is 0 Å². The fourth-order valence-electron chi connectivity index (χ4n) is 3.84. The summed E-state index contributed by atoms with van der Waals surface area (Å²) in [5.74, 6) is -2.47. The smallest absolute Gasteiger partial charge is 0.337 e. The standard InChI is InChI=1S/C14H15FN4O3S.C14H14FN3O4S/c1-23(21,22)19(12-6-17-9-18-7-12)8-11-3-2-10(4-13(11)15)14(20)5-16;1-22-14(19)10-3-4-11(13(15)5-10)8-18(23(2,20)21)12-6-16-9-17-7-12/h2-4,6-7,9H,5,8,16H2,1H3;3-7,9H,8H2,1-2H3. The topological polar surface area (TPSA) is 196 Å². The Balaban J connectivity index is 0.000000250. The number of halogens is 2. The largest absolute Gasteiger partial charge is 0.465 e. The maximum atomic E-state index is 14.2. The number of aromatic nitrogens is 4. The second-order valence-corrected chi connectivity index (χ2v) is 13.3. The molecule has 4 aromatic rings. The molecule has 46 heavy (non-hydrogen) atoms. The lowest BCUT2D eigenvalue weighted by Gasteiger charge is -2.22. The minimum atomic E-state index is -3.67. The van der Waals surface area contributed by atoms with Crippen molar-refractivity contribution in [3.05, 3.63) is 108 Å². The van der Waals surface area contributed by atoms with Crippen LogP contribution in [0.3, 0.4) is 0 Å². The van der Waals surface area contributed by atoms with E-state index in [1.54, 1.807) is 0 Å². The molecule has 2 aromatic heterocycles. The van der Waals surface area contributed by atoms with Crippen molar-refractivity contribution in [1.82, 2.24) is 19.9 Å². The number of carbonyl (C=O) groups is 2. The van der Waals surface area contributed by atoms with E-state index in [1.807, 2.05) is 0 Å². The summed E-state index contributed by atoms with van der Waals surface area (Å²) in [5.41, 5.74) is 6.07. The van der Waals surface area contributed by atoms with Crippen LogP contribution >= 0.6 is 0 Å². The van der Waals surface area contributed by atoms with Crippen molar-refractivity contribution in [2.24, 2.45) is 5.73 Å². The number of methoxy groups -OCH3 is 1. The van der Waals surface area contributed by atoms with Gasteiger partial charge in [-0.15, -0.1) is 0 Å². The van der Waals surface area contributed by atoms with Gasteiger partial charge < -0.3 is 10.5 Å². The zero-order valence-corrected chi connectivity index (χ0v) is 26.4. The number of hydrogen-bond donors (Lipinski definition) is 1. The third kappa shape index (κ3) is 9.53. The minimum absolute atomic E-state index is 0.0442.